The van der Waals surface area contributed by atoms with Gasteiger partial charge >= 0.3 is 5.97 Å². The Hall–Kier alpha value is -2.04. The summed E-state index contributed by atoms with van der Waals surface area (Å²) in [4.78, 5) is 24.9. The van der Waals surface area contributed by atoms with Crippen LogP contribution in [0.25, 0.3) is 0 Å². The van der Waals surface area contributed by atoms with E-state index in [2.05, 4.69) is 0 Å². The summed E-state index contributed by atoms with van der Waals surface area (Å²) in [5.74, 6) is 0.252. The van der Waals surface area contributed by atoms with Crippen molar-refractivity contribution in [2.24, 2.45) is 0 Å². The highest BCUT2D eigenvalue weighted by atomic mass is 16.5. The molecular weight excluding hydrogens is 270 g/mol. The van der Waals surface area contributed by atoms with Crippen LogP contribution in [0.2, 0.25) is 0 Å². The lowest BCUT2D eigenvalue weighted by Crippen LogP contribution is -2.36. The highest BCUT2D eigenvalue weighted by Gasteiger charge is 2.16. The van der Waals surface area contributed by atoms with Gasteiger partial charge < -0.3 is 14.4 Å². The Labute approximate surface area is 125 Å². The summed E-state index contributed by atoms with van der Waals surface area (Å²) in [5.41, 5.74) is 1.11. The summed E-state index contributed by atoms with van der Waals surface area (Å²) >= 11 is 0. The van der Waals surface area contributed by atoms with Gasteiger partial charge in [-0.1, -0.05) is 12.1 Å². The molecule has 0 aromatic heterocycles. The minimum atomic E-state index is -0.382. The van der Waals surface area contributed by atoms with E-state index < -0.39 is 0 Å². The molecule has 0 fully saturated rings. The van der Waals surface area contributed by atoms with Crippen LogP contribution in [0, 0.1) is 6.92 Å². The van der Waals surface area contributed by atoms with Gasteiger partial charge in [0.1, 0.15) is 12.3 Å². The van der Waals surface area contributed by atoms with E-state index in [9.17, 15) is 9.59 Å². The lowest BCUT2D eigenvalue weighted by molar-refractivity contribution is -0.149. The van der Waals surface area contributed by atoms with Crippen molar-refractivity contribution in [2.45, 2.75) is 27.2 Å². The fraction of sp³-hybridized carbons (Fsp3) is 0.500. The first-order chi connectivity index (χ1) is 10.1. The van der Waals surface area contributed by atoms with Crippen LogP contribution in [-0.2, 0) is 14.3 Å². The molecule has 1 aromatic carbocycles. The number of ether oxygens (including phenoxy) is 2. The molecule has 0 saturated carbocycles. The van der Waals surface area contributed by atoms with Crippen molar-refractivity contribution >= 4 is 11.9 Å². The highest BCUT2D eigenvalue weighted by molar-refractivity contribution is 5.82. The maximum absolute atomic E-state index is 12.0. The first-order valence-corrected chi connectivity index (χ1v) is 7.19. The van der Waals surface area contributed by atoms with E-state index in [0.717, 1.165) is 11.3 Å². The Balaban J connectivity index is 2.38. The lowest BCUT2D eigenvalue weighted by Gasteiger charge is -2.19. The molecule has 21 heavy (non-hydrogen) atoms. The monoisotopic (exact) mass is 293 g/mol. The molecular formula is C16H23NO4. The molecule has 0 aliphatic heterocycles. The number of carbonyl (C=O) groups excluding carboxylic acids is 2. The third-order valence-corrected chi connectivity index (χ3v) is 2.93. The van der Waals surface area contributed by atoms with Crippen molar-refractivity contribution in [3.8, 4) is 5.75 Å². The average molecular weight is 293 g/mol. The summed E-state index contributed by atoms with van der Waals surface area (Å²) in [6.07, 6.45) is 0.237. The molecule has 0 atom stereocenters. The predicted molar refractivity (Wildman–Crippen MR) is 80.2 cm³/mol. The van der Waals surface area contributed by atoms with E-state index >= 15 is 0 Å². The van der Waals surface area contributed by atoms with Gasteiger partial charge in [0, 0.05) is 6.54 Å². The van der Waals surface area contributed by atoms with E-state index in [1.54, 1.807) is 6.92 Å². The second-order valence-corrected chi connectivity index (χ2v) is 4.63. The second-order valence-electron chi connectivity index (χ2n) is 4.63. The van der Waals surface area contributed by atoms with Crippen molar-refractivity contribution < 1.29 is 19.1 Å². The highest BCUT2D eigenvalue weighted by Crippen LogP contribution is 2.12. The molecule has 1 amide bonds. The van der Waals surface area contributed by atoms with Crippen molar-refractivity contribution in [3.63, 3.8) is 0 Å². The summed E-state index contributed by atoms with van der Waals surface area (Å²) in [5, 5.41) is 0. The van der Waals surface area contributed by atoms with Gasteiger partial charge in [-0.05, 0) is 38.5 Å². The first-order valence-electron chi connectivity index (χ1n) is 7.19. The molecule has 5 nitrogen and oxygen atoms in total. The molecule has 1 aromatic rings. The van der Waals surface area contributed by atoms with Crippen LogP contribution < -0.4 is 4.74 Å². The Morgan fingerprint density at radius 2 is 2.00 bits per heavy atom. The number of amides is 1. The van der Waals surface area contributed by atoms with Gasteiger partial charge in [-0.3, -0.25) is 9.59 Å². The molecule has 116 valence electrons. The van der Waals surface area contributed by atoms with Gasteiger partial charge in [0.15, 0.2) is 0 Å². The second kappa shape index (κ2) is 9.00. The standard InChI is InChI=1S/C16H23NO4/c1-4-17(12-16(19)20-5-2)15(18)9-10-21-14-8-6-7-13(3)11-14/h6-8,11H,4-5,9-10,12H2,1-3H3. The maximum atomic E-state index is 12.0. The molecule has 1 rings (SSSR count). The molecule has 0 bridgehead atoms. The van der Waals surface area contributed by atoms with E-state index in [-0.39, 0.29) is 24.8 Å². The SMILES string of the molecule is CCOC(=O)CN(CC)C(=O)CCOc1cccc(C)c1. The summed E-state index contributed by atoms with van der Waals surface area (Å²) in [7, 11) is 0. The lowest BCUT2D eigenvalue weighted by atomic mass is 10.2. The quantitative estimate of drug-likeness (QED) is 0.689. The van der Waals surface area contributed by atoms with Crippen molar-refractivity contribution in [1.29, 1.82) is 0 Å². The smallest absolute Gasteiger partial charge is 0.325 e. The van der Waals surface area contributed by atoms with Crippen LogP contribution in [0.5, 0.6) is 5.75 Å². The number of rotatable bonds is 8. The van der Waals surface area contributed by atoms with Crippen LogP contribution in [0.4, 0.5) is 0 Å². The van der Waals surface area contributed by atoms with Crippen LogP contribution in [0.3, 0.4) is 0 Å². The van der Waals surface area contributed by atoms with E-state index in [1.165, 1.54) is 4.90 Å². The zero-order valence-corrected chi connectivity index (χ0v) is 12.9. The Morgan fingerprint density at radius 3 is 2.62 bits per heavy atom. The normalized spacial score (nSPS) is 10.0. The minimum absolute atomic E-state index is 0.00633. The summed E-state index contributed by atoms with van der Waals surface area (Å²) in [6, 6.07) is 7.66. The number of carbonyl (C=O) groups is 2. The molecule has 0 radical (unpaired) electrons. The van der Waals surface area contributed by atoms with Gasteiger partial charge in [0.05, 0.1) is 19.6 Å². The molecule has 0 heterocycles. The zero-order chi connectivity index (χ0) is 15.7. The zero-order valence-electron chi connectivity index (χ0n) is 12.9. The van der Waals surface area contributed by atoms with Crippen molar-refractivity contribution in [1.82, 2.24) is 4.90 Å². The van der Waals surface area contributed by atoms with Gasteiger partial charge in [-0.25, -0.2) is 0 Å². The molecule has 0 aliphatic carbocycles. The molecule has 0 N–H and O–H groups in total. The number of hydrogen-bond donors (Lipinski definition) is 0. The Bertz CT molecular complexity index is 473. The Morgan fingerprint density at radius 1 is 1.24 bits per heavy atom. The number of aryl methyl sites for hydroxylation is 1. The minimum Gasteiger partial charge on any atom is -0.493 e. The molecule has 5 heteroatoms. The predicted octanol–water partition coefficient (Wildman–Crippen LogP) is 2.18. The number of benzene rings is 1. The number of nitrogens with zero attached hydrogens (tertiary/aromatic N) is 1. The number of esters is 1. The molecule has 0 aliphatic rings. The van der Waals surface area contributed by atoms with E-state index in [1.807, 2.05) is 38.1 Å². The summed E-state index contributed by atoms with van der Waals surface area (Å²) < 4.78 is 10.4. The van der Waals surface area contributed by atoms with Crippen LogP contribution in [0.15, 0.2) is 24.3 Å². The van der Waals surface area contributed by atoms with E-state index in [0.29, 0.717) is 19.8 Å². The van der Waals surface area contributed by atoms with Gasteiger partial charge in [-0.2, -0.15) is 0 Å². The van der Waals surface area contributed by atoms with Gasteiger partial charge in [-0.15, -0.1) is 0 Å². The fourth-order valence-electron chi connectivity index (χ4n) is 1.86. The molecule has 0 unspecified atom stereocenters. The van der Waals surface area contributed by atoms with Crippen molar-refractivity contribution in [2.75, 3.05) is 26.3 Å². The van der Waals surface area contributed by atoms with Crippen molar-refractivity contribution in [3.05, 3.63) is 29.8 Å². The largest absolute Gasteiger partial charge is 0.493 e. The number of likely N-dealkylation sites (N-methyl/N-ethyl adjacent to an activating group) is 1. The average Bonchev–Trinajstić information content (AvgIpc) is 2.45. The topological polar surface area (TPSA) is 55.8 Å². The number of hydrogen-bond acceptors (Lipinski definition) is 4. The fourth-order valence-corrected chi connectivity index (χ4v) is 1.86. The molecule has 0 saturated heterocycles. The van der Waals surface area contributed by atoms with Crippen LogP contribution in [-0.4, -0.2) is 43.1 Å². The van der Waals surface area contributed by atoms with Gasteiger partial charge in [0.25, 0.3) is 0 Å². The third kappa shape index (κ3) is 6.29. The Kier molecular flexibility index (Phi) is 7.29. The van der Waals surface area contributed by atoms with Crippen LogP contribution >= 0.6 is 0 Å². The molecule has 0 spiro atoms. The van der Waals surface area contributed by atoms with Gasteiger partial charge in [0.2, 0.25) is 5.91 Å². The third-order valence-electron chi connectivity index (χ3n) is 2.93. The van der Waals surface area contributed by atoms with Crippen LogP contribution in [0.1, 0.15) is 25.8 Å². The van der Waals surface area contributed by atoms with E-state index in [4.69, 9.17) is 9.47 Å². The first kappa shape index (κ1) is 17.0. The summed E-state index contributed by atoms with van der Waals surface area (Å²) in [6.45, 7) is 6.64. The maximum Gasteiger partial charge on any atom is 0.325 e.